The fourth-order valence-electron chi connectivity index (χ4n) is 3.40. The lowest BCUT2D eigenvalue weighted by Crippen LogP contribution is -2.19. The highest BCUT2D eigenvalue weighted by molar-refractivity contribution is 9.10. The number of rotatable bonds is 5. The molecule has 0 unspecified atom stereocenters. The summed E-state index contributed by atoms with van der Waals surface area (Å²) in [7, 11) is 0. The number of amides is 1. The number of carbonyl (C=O) groups excluding carboxylic acids is 1. The van der Waals surface area contributed by atoms with Crippen LogP contribution in [0.1, 0.15) is 17.1 Å². The van der Waals surface area contributed by atoms with Crippen LogP contribution in [0.25, 0.3) is 10.9 Å². The summed E-state index contributed by atoms with van der Waals surface area (Å²) in [5.74, 6) is 0.937. The summed E-state index contributed by atoms with van der Waals surface area (Å²) in [6, 6.07) is 16.0. The van der Waals surface area contributed by atoms with Gasteiger partial charge in [-0.1, -0.05) is 30.3 Å². The molecule has 2 heterocycles. The fourth-order valence-corrected chi connectivity index (χ4v) is 3.95. The summed E-state index contributed by atoms with van der Waals surface area (Å²) in [6.07, 6.45) is 3.77. The first-order valence-corrected chi connectivity index (χ1v) is 9.92. The summed E-state index contributed by atoms with van der Waals surface area (Å²) in [4.78, 5) is 16.9. The lowest BCUT2D eigenvalue weighted by Gasteiger charge is -2.10. The normalized spacial score (nSPS) is 11.1. The van der Waals surface area contributed by atoms with Gasteiger partial charge in [0.2, 0.25) is 5.91 Å². The van der Waals surface area contributed by atoms with E-state index < -0.39 is 0 Å². The highest BCUT2D eigenvalue weighted by Crippen LogP contribution is 2.30. The van der Waals surface area contributed by atoms with E-state index in [1.807, 2.05) is 67.1 Å². The van der Waals surface area contributed by atoms with Gasteiger partial charge in [0.05, 0.1) is 0 Å². The molecule has 1 amide bonds. The summed E-state index contributed by atoms with van der Waals surface area (Å²) in [6.45, 7) is 5.04. The van der Waals surface area contributed by atoms with Crippen molar-refractivity contribution in [1.82, 2.24) is 14.1 Å². The van der Waals surface area contributed by atoms with Crippen molar-refractivity contribution >= 4 is 38.4 Å². The van der Waals surface area contributed by atoms with E-state index in [1.165, 1.54) is 0 Å². The number of nitrogens with zero attached hydrogens (tertiary/aromatic N) is 3. The van der Waals surface area contributed by atoms with Gasteiger partial charge >= 0.3 is 0 Å². The zero-order valence-corrected chi connectivity index (χ0v) is 17.4. The molecule has 6 heteroatoms. The topological polar surface area (TPSA) is 51.9 Å². The number of hydrogen-bond acceptors (Lipinski definition) is 2. The van der Waals surface area contributed by atoms with Crippen molar-refractivity contribution in [2.45, 2.75) is 26.9 Å². The maximum Gasteiger partial charge on any atom is 0.244 e. The third-order valence-electron chi connectivity index (χ3n) is 4.97. The number of benzene rings is 2. The average molecular weight is 437 g/mol. The lowest BCUT2D eigenvalue weighted by atomic mass is 10.2. The molecule has 0 aliphatic heterocycles. The Morgan fingerprint density at radius 1 is 1.11 bits per heavy atom. The molecule has 28 heavy (non-hydrogen) atoms. The van der Waals surface area contributed by atoms with E-state index in [-0.39, 0.29) is 12.5 Å². The van der Waals surface area contributed by atoms with Crippen LogP contribution in [0.2, 0.25) is 0 Å². The van der Waals surface area contributed by atoms with Crippen molar-refractivity contribution in [1.29, 1.82) is 0 Å². The molecule has 0 saturated carbocycles. The largest absolute Gasteiger partial charge is 0.334 e. The summed E-state index contributed by atoms with van der Waals surface area (Å²) in [5, 5.41) is 4.11. The van der Waals surface area contributed by atoms with Gasteiger partial charge < -0.3 is 14.5 Å². The van der Waals surface area contributed by atoms with Gasteiger partial charge in [0.1, 0.15) is 12.4 Å². The molecule has 0 bridgehead atoms. The van der Waals surface area contributed by atoms with Gasteiger partial charge in [-0.15, -0.1) is 0 Å². The second-order valence-corrected chi connectivity index (χ2v) is 7.64. The van der Waals surface area contributed by atoms with Crippen molar-refractivity contribution in [2.75, 3.05) is 5.32 Å². The van der Waals surface area contributed by atoms with E-state index >= 15 is 0 Å². The first-order chi connectivity index (χ1) is 13.5. The molecule has 4 aromatic rings. The minimum Gasteiger partial charge on any atom is -0.334 e. The Bertz CT molecular complexity index is 1140. The molecule has 0 aliphatic rings. The quantitative estimate of drug-likeness (QED) is 0.483. The smallest absolute Gasteiger partial charge is 0.244 e. The van der Waals surface area contributed by atoms with Crippen molar-refractivity contribution in [3.63, 3.8) is 0 Å². The Morgan fingerprint density at radius 2 is 1.86 bits per heavy atom. The van der Waals surface area contributed by atoms with Gasteiger partial charge in [0, 0.05) is 45.7 Å². The highest BCUT2D eigenvalue weighted by Gasteiger charge is 2.14. The van der Waals surface area contributed by atoms with Gasteiger partial charge in [0.15, 0.2) is 0 Å². The van der Waals surface area contributed by atoms with E-state index in [1.54, 1.807) is 6.20 Å². The number of hydrogen-bond donors (Lipinski definition) is 1. The number of halogens is 1. The van der Waals surface area contributed by atoms with Crippen molar-refractivity contribution in [3.8, 4) is 0 Å². The van der Waals surface area contributed by atoms with Crippen LogP contribution in [0.5, 0.6) is 0 Å². The number of anilines is 1. The maximum absolute atomic E-state index is 12.6. The van der Waals surface area contributed by atoms with Crippen LogP contribution in [0, 0.1) is 13.8 Å². The molecule has 0 saturated heterocycles. The van der Waals surface area contributed by atoms with E-state index in [9.17, 15) is 4.79 Å². The molecular formula is C22H21BrN4O. The molecule has 1 N–H and O–H groups in total. The Balaban J connectivity index is 1.46. The second kappa shape index (κ2) is 7.64. The molecule has 4 rings (SSSR count). The van der Waals surface area contributed by atoms with Crippen molar-refractivity contribution in [2.24, 2.45) is 0 Å². The Kier molecular flexibility index (Phi) is 5.05. The molecule has 142 valence electrons. The van der Waals surface area contributed by atoms with Crippen LogP contribution in [-0.2, 0) is 17.9 Å². The number of nitrogens with one attached hydrogen (secondary N) is 1. The standard InChI is InChI=1S/C22H21BrN4O/c1-15-22(23)19-5-3-4-6-20(19)27(15)14-21(28)25-18-9-7-17(8-10-18)13-26-12-11-24-16(26)2/h3-12H,13-14H2,1-2H3,(H,25,28). The molecule has 2 aromatic carbocycles. The lowest BCUT2D eigenvalue weighted by molar-refractivity contribution is -0.116. The van der Waals surface area contributed by atoms with Crippen LogP contribution in [0.4, 0.5) is 5.69 Å². The van der Waals surface area contributed by atoms with E-state index in [0.717, 1.165) is 44.7 Å². The predicted octanol–water partition coefficient (Wildman–Crippen LogP) is 4.90. The minimum absolute atomic E-state index is 0.0467. The highest BCUT2D eigenvalue weighted by atomic mass is 79.9. The molecular weight excluding hydrogens is 416 g/mol. The van der Waals surface area contributed by atoms with Crippen LogP contribution >= 0.6 is 15.9 Å². The van der Waals surface area contributed by atoms with Gasteiger partial charge in [-0.2, -0.15) is 0 Å². The Hall–Kier alpha value is -2.86. The molecule has 0 radical (unpaired) electrons. The summed E-state index contributed by atoms with van der Waals surface area (Å²) < 4.78 is 5.16. The molecule has 2 aromatic heterocycles. The van der Waals surface area contributed by atoms with E-state index in [2.05, 4.69) is 36.9 Å². The Morgan fingerprint density at radius 3 is 2.57 bits per heavy atom. The first-order valence-electron chi connectivity index (χ1n) is 9.13. The molecule has 0 spiro atoms. The number of imidazole rings is 1. The Labute approximate surface area is 172 Å². The van der Waals surface area contributed by atoms with Crippen molar-refractivity contribution < 1.29 is 4.79 Å². The van der Waals surface area contributed by atoms with Gasteiger partial charge in [-0.25, -0.2) is 4.98 Å². The minimum atomic E-state index is -0.0467. The number of para-hydroxylation sites is 1. The molecule has 5 nitrogen and oxygen atoms in total. The molecule has 0 fully saturated rings. The summed E-state index contributed by atoms with van der Waals surface area (Å²) in [5.41, 5.74) is 4.05. The maximum atomic E-state index is 12.6. The van der Waals surface area contributed by atoms with E-state index in [4.69, 9.17) is 0 Å². The predicted molar refractivity (Wildman–Crippen MR) is 116 cm³/mol. The second-order valence-electron chi connectivity index (χ2n) is 6.85. The zero-order valence-electron chi connectivity index (χ0n) is 15.8. The SMILES string of the molecule is Cc1nccn1Cc1ccc(NC(=O)Cn2c(C)c(Br)c3ccccc32)cc1. The summed E-state index contributed by atoms with van der Waals surface area (Å²) >= 11 is 3.64. The number of carbonyl (C=O) groups is 1. The third-order valence-corrected chi connectivity index (χ3v) is 5.97. The van der Waals surface area contributed by atoms with Crippen molar-refractivity contribution in [3.05, 3.63) is 82.5 Å². The van der Waals surface area contributed by atoms with Crippen LogP contribution in [0.3, 0.4) is 0 Å². The van der Waals surface area contributed by atoms with Crippen LogP contribution < -0.4 is 5.32 Å². The molecule has 0 atom stereocenters. The van der Waals surface area contributed by atoms with Crippen LogP contribution in [0.15, 0.2) is 65.4 Å². The number of aromatic nitrogens is 3. The van der Waals surface area contributed by atoms with E-state index in [0.29, 0.717) is 0 Å². The average Bonchev–Trinajstić information content (AvgIpc) is 3.20. The monoisotopic (exact) mass is 436 g/mol. The third kappa shape index (κ3) is 3.60. The number of aryl methyl sites for hydroxylation is 1. The van der Waals surface area contributed by atoms with Gasteiger partial charge in [0.25, 0.3) is 0 Å². The zero-order chi connectivity index (χ0) is 19.7. The van der Waals surface area contributed by atoms with Gasteiger partial charge in [-0.3, -0.25) is 4.79 Å². The first kappa shape index (κ1) is 18.5. The van der Waals surface area contributed by atoms with Gasteiger partial charge in [-0.05, 0) is 53.5 Å². The fraction of sp³-hybridized carbons (Fsp3) is 0.182. The number of fused-ring (bicyclic) bond motifs is 1. The van der Waals surface area contributed by atoms with Crippen LogP contribution in [-0.4, -0.2) is 20.0 Å². The molecule has 0 aliphatic carbocycles.